The third kappa shape index (κ3) is 4.34. The van der Waals surface area contributed by atoms with Crippen LogP contribution >= 0.6 is 22.6 Å². The van der Waals surface area contributed by atoms with Crippen molar-refractivity contribution in [3.63, 3.8) is 0 Å². The van der Waals surface area contributed by atoms with Crippen LogP contribution in [0.4, 0.5) is 0 Å². The monoisotopic (exact) mass is 423 g/mol. The highest BCUT2D eigenvalue weighted by atomic mass is 127. The van der Waals surface area contributed by atoms with Crippen molar-refractivity contribution in [2.75, 3.05) is 26.2 Å². The molecule has 0 radical (unpaired) electrons. The Hall–Kier alpha value is -1.37. The maximum atomic E-state index is 12.4. The smallest absolute Gasteiger partial charge is 0.224 e. The molecule has 2 aliphatic heterocycles. The summed E-state index contributed by atoms with van der Waals surface area (Å²) in [5, 5.41) is 0. The van der Waals surface area contributed by atoms with Crippen LogP contribution in [0, 0.1) is 0 Å². The molecule has 3 rings (SSSR count). The van der Waals surface area contributed by atoms with E-state index in [9.17, 15) is 4.79 Å². The summed E-state index contributed by atoms with van der Waals surface area (Å²) in [5.74, 6) is 1.25. The zero-order chi connectivity index (χ0) is 16.3. The van der Waals surface area contributed by atoms with Crippen molar-refractivity contribution in [1.29, 1.82) is 0 Å². The first-order valence-corrected chi connectivity index (χ1v) is 9.11. The van der Waals surface area contributed by atoms with E-state index in [1.54, 1.807) is 0 Å². The van der Waals surface area contributed by atoms with Crippen LogP contribution in [0.1, 0.15) is 18.9 Å². The summed E-state index contributed by atoms with van der Waals surface area (Å²) in [6, 6.07) is 10.2. The van der Waals surface area contributed by atoms with Crippen LogP contribution in [-0.2, 0) is 11.3 Å². The number of alkyl halides is 1. The van der Waals surface area contributed by atoms with E-state index in [0.717, 1.165) is 32.0 Å². The van der Waals surface area contributed by atoms with Gasteiger partial charge in [-0.25, -0.2) is 0 Å². The van der Waals surface area contributed by atoms with Crippen molar-refractivity contribution < 1.29 is 4.79 Å². The lowest BCUT2D eigenvalue weighted by molar-refractivity contribution is -0.130. The number of carbonyl (C=O) groups is 1. The fourth-order valence-corrected chi connectivity index (χ4v) is 3.21. The summed E-state index contributed by atoms with van der Waals surface area (Å²) in [6.45, 7) is 6.03. The number of hydrogen-bond donors (Lipinski definition) is 0. The maximum absolute atomic E-state index is 12.4. The Labute approximate surface area is 151 Å². The van der Waals surface area contributed by atoms with Gasteiger partial charge in [0.1, 0.15) is 5.84 Å². The first kappa shape index (κ1) is 16.5. The van der Waals surface area contributed by atoms with Gasteiger partial charge in [0.05, 0.1) is 9.97 Å². The largest absolute Gasteiger partial charge is 0.355 e. The minimum absolute atomic E-state index is 0.113. The van der Waals surface area contributed by atoms with E-state index >= 15 is 0 Å². The average Bonchev–Trinajstić information content (AvgIpc) is 2.72. The Morgan fingerprint density at radius 2 is 2.00 bits per heavy atom. The van der Waals surface area contributed by atoms with E-state index in [-0.39, 0.29) is 9.33 Å². The van der Waals surface area contributed by atoms with Gasteiger partial charge in [-0.05, 0) is 18.6 Å². The molecule has 1 aromatic rings. The molecule has 2 heterocycles. The van der Waals surface area contributed by atoms with Crippen molar-refractivity contribution in [3.8, 4) is 0 Å². The minimum atomic E-state index is 0.113. The second-order valence-corrected chi connectivity index (χ2v) is 8.79. The highest BCUT2D eigenvalue weighted by Gasteiger charge is 2.25. The number of amides is 1. The predicted molar refractivity (Wildman–Crippen MR) is 102 cm³/mol. The molecule has 4 nitrogen and oxygen atoms in total. The molecule has 0 saturated carbocycles. The summed E-state index contributed by atoms with van der Waals surface area (Å²) in [7, 11) is 0. The molecule has 0 N–H and O–H groups in total. The van der Waals surface area contributed by atoms with E-state index < -0.39 is 0 Å². The van der Waals surface area contributed by atoms with Crippen molar-refractivity contribution >= 4 is 34.3 Å². The van der Waals surface area contributed by atoms with Gasteiger partial charge in [-0.3, -0.25) is 9.79 Å². The number of dihydropyridines is 1. The van der Waals surface area contributed by atoms with Crippen LogP contribution < -0.4 is 0 Å². The summed E-state index contributed by atoms with van der Waals surface area (Å²) in [6.07, 6.45) is 4.87. The lowest BCUT2D eigenvalue weighted by Crippen LogP contribution is -2.37. The van der Waals surface area contributed by atoms with Gasteiger partial charge >= 0.3 is 0 Å². The van der Waals surface area contributed by atoms with E-state index in [4.69, 9.17) is 4.99 Å². The average molecular weight is 423 g/mol. The van der Waals surface area contributed by atoms with Crippen LogP contribution in [0.15, 0.2) is 47.5 Å². The standard InChI is InChI=1S/C18H22IN3O/c1-18(19)9-7-16(20-14-18)21-10-8-17(23)22(12-11-21)13-15-5-3-2-4-6-15/h2-7,9H,8,10-14H2,1H3. The topological polar surface area (TPSA) is 35.9 Å². The SMILES string of the molecule is CC1(I)C=CC(N2CCC(=O)N(Cc3ccccc3)CC2)=NC1. The van der Waals surface area contributed by atoms with Gasteiger partial charge in [-0.1, -0.05) is 59.0 Å². The van der Waals surface area contributed by atoms with Gasteiger partial charge < -0.3 is 9.80 Å². The lowest BCUT2D eigenvalue weighted by atomic mass is 10.1. The number of aliphatic imine (C=N–C) groups is 1. The van der Waals surface area contributed by atoms with Crippen LogP contribution in [0.2, 0.25) is 0 Å². The quantitative estimate of drug-likeness (QED) is 0.542. The highest BCUT2D eigenvalue weighted by molar-refractivity contribution is 14.1. The van der Waals surface area contributed by atoms with Crippen LogP contribution in [0.3, 0.4) is 0 Å². The van der Waals surface area contributed by atoms with Gasteiger partial charge in [0.25, 0.3) is 0 Å². The van der Waals surface area contributed by atoms with E-state index in [0.29, 0.717) is 13.0 Å². The Morgan fingerprint density at radius 1 is 1.22 bits per heavy atom. The minimum Gasteiger partial charge on any atom is -0.355 e. The van der Waals surface area contributed by atoms with Crippen molar-refractivity contribution in [2.45, 2.75) is 23.3 Å². The molecule has 0 spiro atoms. The number of halogens is 1. The molecule has 1 saturated heterocycles. The summed E-state index contributed by atoms with van der Waals surface area (Å²) in [5.41, 5.74) is 1.19. The molecule has 23 heavy (non-hydrogen) atoms. The second kappa shape index (κ2) is 7.03. The van der Waals surface area contributed by atoms with Gasteiger partial charge in [0.15, 0.2) is 0 Å². The summed E-state index contributed by atoms with van der Waals surface area (Å²) in [4.78, 5) is 21.3. The zero-order valence-electron chi connectivity index (χ0n) is 13.4. The van der Waals surface area contributed by atoms with Crippen LogP contribution in [0.25, 0.3) is 0 Å². The molecule has 5 heteroatoms. The Bertz CT molecular complexity index is 624. The third-order valence-electron chi connectivity index (χ3n) is 4.26. The van der Waals surface area contributed by atoms with Crippen LogP contribution in [0.5, 0.6) is 0 Å². The van der Waals surface area contributed by atoms with E-state index in [1.807, 2.05) is 23.1 Å². The molecule has 1 unspecified atom stereocenters. The number of benzene rings is 1. The second-order valence-electron chi connectivity index (χ2n) is 6.32. The number of rotatable bonds is 2. The fourth-order valence-electron chi connectivity index (χ4n) is 2.86. The Balaban J connectivity index is 1.63. The first-order chi connectivity index (χ1) is 11.0. The van der Waals surface area contributed by atoms with Crippen molar-refractivity contribution in [1.82, 2.24) is 9.80 Å². The van der Waals surface area contributed by atoms with Crippen LogP contribution in [-0.4, -0.2) is 51.1 Å². The molecule has 2 aliphatic rings. The fraction of sp³-hybridized carbons (Fsp3) is 0.444. The van der Waals surface area contributed by atoms with Gasteiger partial charge in [0, 0.05) is 32.6 Å². The van der Waals surface area contributed by atoms with Crippen molar-refractivity contribution in [2.24, 2.45) is 4.99 Å². The molecule has 1 atom stereocenters. The highest BCUT2D eigenvalue weighted by Crippen LogP contribution is 2.24. The molecule has 0 aliphatic carbocycles. The van der Waals surface area contributed by atoms with Gasteiger partial charge in [0.2, 0.25) is 5.91 Å². The van der Waals surface area contributed by atoms with Gasteiger partial charge in [-0.2, -0.15) is 0 Å². The van der Waals surface area contributed by atoms with E-state index in [1.165, 1.54) is 5.56 Å². The predicted octanol–water partition coefficient (Wildman–Crippen LogP) is 2.88. The number of carbonyl (C=O) groups excluding carboxylic acids is 1. The molecule has 0 aromatic heterocycles. The summed E-state index contributed by atoms with van der Waals surface area (Å²) >= 11 is 2.42. The number of nitrogens with zero attached hydrogens (tertiary/aromatic N) is 3. The van der Waals surface area contributed by atoms with Gasteiger partial charge in [-0.15, -0.1) is 0 Å². The lowest BCUT2D eigenvalue weighted by Gasteiger charge is -2.28. The third-order valence-corrected chi connectivity index (χ3v) is 4.96. The van der Waals surface area contributed by atoms with E-state index in [2.05, 4.69) is 58.7 Å². The molecule has 1 aromatic carbocycles. The number of hydrogen-bond acceptors (Lipinski definition) is 3. The molecule has 1 fully saturated rings. The maximum Gasteiger partial charge on any atom is 0.224 e. The summed E-state index contributed by atoms with van der Waals surface area (Å²) < 4.78 is 0.113. The molecule has 0 bridgehead atoms. The normalized spacial score (nSPS) is 25.3. The van der Waals surface area contributed by atoms with Crippen molar-refractivity contribution in [3.05, 3.63) is 48.0 Å². The first-order valence-electron chi connectivity index (χ1n) is 8.03. The molecular weight excluding hydrogens is 401 g/mol. The zero-order valence-corrected chi connectivity index (χ0v) is 15.6. The molecule has 1 amide bonds. The Morgan fingerprint density at radius 3 is 2.70 bits per heavy atom. The number of amidine groups is 1. The Kier molecular flexibility index (Phi) is 5.04. The molecule has 122 valence electrons. The molecular formula is C18H22IN3O.